The minimum atomic E-state index is -0.389. The third-order valence-corrected chi connectivity index (χ3v) is 3.20. The molecule has 4 heteroatoms. The number of halogens is 1. The van der Waals surface area contributed by atoms with Crippen LogP contribution >= 0.6 is 0 Å². The number of nitrogens with two attached hydrogens (primary N) is 1. The average Bonchev–Trinajstić information content (AvgIpc) is 2.19. The van der Waals surface area contributed by atoms with Gasteiger partial charge in [0.05, 0.1) is 18.0 Å². The van der Waals surface area contributed by atoms with Crippen LogP contribution in [0.25, 0.3) is 0 Å². The fourth-order valence-corrected chi connectivity index (χ4v) is 2.08. The molecule has 0 aromatic heterocycles. The first-order valence-corrected chi connectivity index (χ1v) is 5.65. The molecular formula is C12H17FN2O. The van der Waals surface area contributed by atoms with Gasteiger partial charge in [-0.05, 0) is 31.4 Å². The molecule has 3 N–H and O–H groups in total. The van der Waals surface area contributed by atoms with Crippen LogP contribution in [0.3, 0.4) is 0 Å². The van der Waals surface area contributed by atoms with Gasteiger partial charge in [0.1, 0.15) is 5.82 Å². The molecule has 1 saturated carbocycles. The number of benzene rings is 1. The Labute approximate surface area is 94.7 Å². The molecule has 2 rings (SSSR count). The third kappa shape index (κ3) is 1.97. The number of nitrogen functional groups attached to an aromatic ring is 1. The summed E-state index contributed by atoms with van der Waals surface area (Å²) in [7, 11) is 0. The number of hydrogen-bond donors (Lipinski definition) is 2. The maximum atomic E-state index is 13.4. The van der Waals surface area contributed by atoms with Crippen molar-refractivity contribution in [2.24, 2.45) is 0 Å². The summed E-state index contributed by atoms with van der Waals surface area (Å²) in [5, 5.41) is 9.05. The zero-order valence-electron chi connectivity index (χ0n) is 9.19. The Morgan fingerprint density at radius 2 is 2.19 bits per heavy atom. The lowest BCUT2D eigenvalue weighted by atomic mass is 9.91. The minimum absolute atomic E-state index is 0.0620. The normalized spacial score (nSPS) is 15.9. The standard InChI is InChI=1S/C12H17FN2O/c13-10-5-2-6-11(12(10)14)15(7-8-16)9-3-1-4-9/h2,5-6,9,16H,1,3-4,7-8,14H2. The Morgan fingerprint density at radius 1 is 1.44 bits per heavy atom. The first-order valence-electron chi connectivity index (χ1n) is 5.65. The zero-order valence-corrected chi connectivity index (χ0v) is 9.19. The highest BCUT2D eigenvalue weighted by Gasteiger charge is 2.26. The van der Waals surface area contributed by atoms with Gasteiger partial charge in [0.2, 0.25) is 0 Å². The van der Waals surface area contributed by atoms with E-state index < -0.39 is 0 Å². The Morgan fingerprint density at radius 3 is 2.75 bits per heavy atom. The molecule has 0 amide bonds. The number of aliphatic hydroxyl groups is 1. The molecule has 3 nitrogen and oxygen atoms in total. The van der Waals surface area contributed by atoms with E-state index in [0.717, 1.165) is 12.8 Å². The number of anilines is 2. The van der Waals surface area contributed by atoms with E-state index >= 15 is 0 Å². The summed E-state index contributed by atoms with van der Waals surface area (Å²) in [6.07, 6.45) is 3.38. The number of nitrogens with zero attached hydrogens (tertiary/aromatic N) is 1. The quantitative estimate of drug-likeness (QED) is 0.766. The second kappa shape index (κ2) is 4.70. The van der Waals surface area contributed by atoms with Gasteiger partial charge in [-0.25, -0.2) is 4.39 Å². The largest absolute Gasteiger partial charge is 0.395 e. The van der Waals surface area contributed by atoms with Gasteiger partial charge in [0, 0.05) is 12.6 Å². The van der Waals surface area contributed by atoms with E-state index in [1.807, 2.05) is 11.0 Å². The lowest BCUT2D eigenvalue weighted by molar-refractivity contribution is 0.283. The highest BCUT2D eigenvalue weighted by atomic mass is 19.1. The summed E-state index contributed by atoms with van der Waals surface area (Å²) in [5.41, 5.74) is 6.62. The molecule has 1 aromatic carbocycles. The fourth-order valence-electron chi connectivity index (χ4n) is 2.08. The van der Waals surface area contributed by atoms with Crippen LogP contribution in [0.1, 0.15) is 19.3 Å². The minimum Gasteiger partial charge on any atom is -0.395 e. The van der Waals surface area contributed by atoms with E-state index in [1.54, 1.807) is 6.07 Å². The predicted octanol–water partition coefficient (Wildman–Crippen LogP) is 1.76. The SMILES string of the molecule is Nc1c(F)cccc1N(CCO)C1CCC1. The molecule has 88 valence electrons. The topological polar surface area (TPSA) is 49.5 Å². The molecule has 1 aliphatic rings. The maximum Gasteiger partial charge on any atom is 0.148 e. The van der Waals surface area contributed by atoms with Crippen LogP contribution < -0.4 is 10.6 Å². The van der Waals surface area contributed by atoms with Gasteiger partial charge in [-0.1, -0.05) is 6.07 Å². The van der Waals surface area contributed by atoms with Gasteiger partial charge in [0.25, 0.3) is 0 Å². The average molecular weight is 224 g/mol. The van der Waals surface area contributed by atoms with Crippen LogP contribution in [0, 0.1) is 5.82 Å². The van der Waals surface area contributed by atoms with Crippen LogP contribution in [-0.2, 0) is 0 Å². The van der Waals surface area contributed by atoms with Crippen molar-refractivity contribution >= 4 is 11.4 Å². The lowest BCUT2D eigenvalue weighted by Gasteiger charge is -2.39. The van der Waals surface area contributed by atoms with E-state index in [1.165, 1.54) is 12.5 Å². The predicted molar refractivity (Wildman–Crippen MR) is 62.9 cm³/mol. The van der Waals surface area contributed by atoms with E-state index in [9.17, 15) is 4.39 Å². The van der Waals surface area contributed by atoms with Crippen LogP contribution in [0.15, 0.2) is 18.2 Å². The van der Waals surface area contributed by atoms with Crippen molar-refractivity contribution in [2.75, 3.05) is 23.8 Å². The third-order valence-electron chi connectivity index (χ3n) is 3.20. The molecule has 0 bridgehead atoms. The zero-order chi connectivity index (χ0) is 11.5. The van der Waals surface area contributed by atoms with E-state index in [2.05, 4.69) is 0 Å². The lowest BCUT2D eigenvalue weighted by Crippen LogP contribution is -2.42. The highest BCUT2D eigenvalue weighted by molar-refractivity contribution is 5.68. The molecule has 0 spiro atoms. The summed E-state index contributed by atoms with van der Waals surface area (Å²) in [6, 6.07) is 5.23. The van der Waals surface area contributed by atoms with Crippen molar-refractivity contribution in [3.8, 4) is 0 Å². The molecule has 0 saturated heterocycles. The fraction of sp³-hybridized carbons (Fsp3) is 0.500. The Balaban J connectivity index is 2.26. The van der Waals surface area contributed by atoms with Gasteiger partial charge in [-0.3, -0.25) is 0 Å². The molecule has 16 heavy (non-hydrogen) atoms. The second-order valence-corrected chi connectivity index (χ2v) is 4.17. The molecule has 0 unspecified atom stereocenters. The Hall–Kier alpha value is -1.29. The number of hydrogen-bond acceptors (Lipinski definition) is 3. The van der Waals surface area contributed by atoms with Crippen molar-refractivity contribution in [1.29, 1.82) is 0 Å². The van der Waals surface area contributed by atoms with E-state index in [0.29, 0.717) is 18.3 Å². The van der Waals surface area contributed by atoms with Crippen LogP contribution in [0.5, 0.6) is 0 Å². The summed E-state index contributed by atoms with van der Waals surface area (Å²) in [6.45, 7) is 0.574. The van der Waals surface area contributed by atoms with Gasteiger partial charge in [0.15, 0.2) is 0 Å². The number of para-hydroxylation sites is 1. The molecular weight excluding hydrogens is 207 g/mol. The van der Waals surface area contributed by atoms with Crippen LogP contribution in [-0.4, -0.2) is 24.3 Å². The highest BCUT2D eigenvalue weighted by Crippen LogP contribution is 2.33. The molecule has 1 aliphatic carbocycles. The Kier molecular flexibility index (Phi) is 3.29. The summed E-state index contributed by atoms with van der Waals surface area (Å²) in [4.78, 5) is 2.02. The summed E-state index contributed by atoms with van der Waals surface area (Å²) >= 11 is 0. The Bertz CT molecular complexity index is 366. The molecule has 1 aromatic rings. The second-order valence-electron chi connectivity index (χ2n) is 4.17. The van der Waals surface area contributed by atoms with Gasteiger partial charge in [-0.2, -0.15) is 0 Å². The summed E-state index contributed by atoms with van der Waals surface area (Å²) < 4.78 is 13.4. The van der Waals surface area contributed by atoms with Gasteiger partial charge in [-0.15, -0.1) is 0 Å². The van der Waals surface area contributed by atoms with Gasteiger partial charge < -0.3 is 15.7 Å². The molecule has 1 fully saturated rings. The molecule has 0 radical (unpaired) electrons. The molecule has 0 atom stereocenters. The van der Waals surface area contributed by atoms with Crippen molar-refractivity contribution in [1.82, 2.24) is 0 Å². The molecule has 0 aliphatic heterocycles. The molecule has 0 heterocycles. The first kappa shape index (κ1) is 11.2. The first-order chi connectivity index (χ1) is 7.74. The van der Waals surface area contributed by atoms with Crippen molar-refractivity contribution < 1.29 is 9.50 Å². The maximum absolute atomic E-state index is 13.4. The summed E-state index contributed by atoms with van der Waals surface area (Å²) in [5.74, 6) is -0.389. The van der Waals surface area contributed by atoms with Crippen molar-refractivity contribution in [3.63, 3.8) is 0 Å². The van der Waals surface area contributed by atoms with Crippen LogP contribution in [0.2, 0.25) is 0 Å². The van der Waals surface area contributed by atoms with Crippen LogP contribution in [0.4, 0.5) is 15.8 Å². The van der Waals surface area contributed by atoms with Crippen molar-refractivity contribution in [3.05, 3.63) is 24.0 Å². The smallest absolute Gasteiger partial charge is 0.148 e. The van der Waals surface area contributed by atoms with Gasteiger partial charge >= 0.3 is 0 Å². The van der Waals surface area contributed by atoms with E-state index in [4.69, 9.17) is 10.8 Å². The number of rotatable bonds is 4. The van der Waals surface area contributed by atoms with E-state index in [-0.39, 0.29) is 18.1 Å². The number of aliphatic hydroxyl groups excluding tert-OH is 1. The van der Waals surface area contributed by atoms with Crippen molar-refractivity contribution in [2.45, 2.75) is 25.3 Å². The monoisotopic (exact) mass is 224 g/mol.